The van der Waals surface area contributed by atoms with Gasteiger partial charge in [-0.25, -0.2) is 0 Å². The van der Waals surface area contributed by atoms with E-state index in [9.17, 15) is 33.6 Å². The van der Waals surface area contributed by atoms with Crippen LogP contribution in [0, 0.1) is 0 Å². The Morgan fingerprint density at radius 1 is 1.00 bits per heavy atom. The Morgan fingerprint density at radius 3 is 2.10 bits per heavy atom. The van der Waals surface area contributed by atoms with Crippen LogP contribution >= 0.6 is 0 Å². The number of aliphatic hydroxyl groups excluding tert-OH is 4. The number of rotatable bonds is 4. The Labute approximate surface area is 177 Å². The number of hydrogen-bond donors (Lipinski definition) is 4. The highest BCUT2D eigenvalue weighted by Crippen LogP contribution is 2.39. The highest BCUT2D eigenvalue weighted by atomic mass is 19.4. The fourth-order valence-electron chi connectivity index (χ4n) is 3.29. The lowest BCUT2D eigenvalue weighted by atomic mass is 9.78. The molecular weight excluding hydrogens is 424 g/mol. The van der Waals surface area contributed by atoms with Gasteiger partial charge < -0.3 is 39.2 Å². The quantitative estimate of drug-likeness (QED) is 0.481. The molecule has 2 aliphatic rings. The third kappa shape index (κ3) is 4.56. The maximum absolute atomic E-state index is 13.8. The highest BCUT2D eigenvalue weighted by Gasteiger charge is 2.52. The van der Waals surface area contributed by atoms with E-state index < -0.39 is 73.1 Å². The summed E-state index contributed by atoms with van der Waals surface area (Å²) in [5, 5.41) is 38.9. The van der Waals surface area contributed by atoms with Crippen LogP contribution in [0.2, 0.25) is 0 Å². The molecule has 1 aromatic carbocycles. The molecule has 2 heterocycles. The summed E-state index contributed by atoms with van der Waals surface area (Å²) in [6.45, 7) is 6.35. The average Bonchev–Trinajstić information content (AvgIpc) is 2.89. The first-order valence-electron chi connectivity index (χ1n) is 9.72. The molecule has 8 nitrogen and oxygen atoms in total. The van der Waals surface area contributed by atoms with Crippen molar-refractivity contribution in [1.82, 2.24) is 0 Å². The van der Waals surface area contributed by atoms with Gasteiger partial charge in [0.05, 0.1) is 23.4 Å². The van der Waals surface area contributed by atoms with Crippen LogP contribution in [0.4, 0.5) is 13.2 Å². The summed E-state index contributed by atoms with van der Waals surface area (Å²) in [5.74, 6) is -0.669. The van der Waals surface area contributed by atoms with E-state index in [1.54, 1.807) is 27.7 Å². The van der Waals surface area contributed by atoms with Crippen LogP contribution in [-0.2, 0) is 20.2 Å². The molecule has 0 spiro atoms. The fourth-order valence-corrected chi connectivity index (χ4v) is 3.29. The molecule has 0 aromatic heterocycles. The maximum atomic E-state index is 13.8. The molecule has 2 fully saturated rings. The highest BCUT2D eigenvalue weighted by molar-refractivity contribution is 6.62. The first-order chi connectivity index (χ1) is 14.2. The first-order valence-corrected chi connectivity index (χ1v) is 9.72. The molecule has 0 amide bonds. The van der Waals surface area contributed by atoms with Crippen molar-refractivity contribution in [2.45, 2.75) is 75.8 Å². The van der Waals surface area contributed by atoms with Gasteiger partial charge in [-0.1, -0.05) is 6.07 Å². The first kappa shape index (κ1) is 24.2. The van der Waals surface area contributed by atoms with Crippen molar-refractivity contribution in [2.24, 2.45) is 0 Å². The monoisotopic (exact) mass is 450 g/mol. The lowest BCUT2D eigenvalue weighted by Crippen LogP contribution is -2.60. The molecule has 3 rings (SSSR count). The second-order valence-electron chi connectivity index (χ2n) is 8.66. The third-order valence-corrected chi connectivity index (χ3v) is 5.93. The molecular formula is C19H26BF3O8. The Kier molecular flexibility index (Phi) is 6.40. The molecule has 2 saturated heterocycles. The van der Waals surface area contributed by atoms with Crippen LogP contribution in [-0.4, -0.2) is 76.1 Å². The van der Waals surface area contributed by atoms with Gasteiger partial charge in [0, 0.05) is 0 Å². The van der Waals surface area contributed by atoms with Crippen LogP contribution in [0.5, 0.6) is 5.75 Å². The van der Waals surface area contributed by atoms with Gasteiger partial charge in [0.1, 0.15) is 30.2 Å². The summed E-state index contributed by atoms with van der Waals surface area (Å²) in [6.07, 6.45) is -13.2. The van der Waals surface area contributed by atoms with E-state index in [2.05, 4.69) is 0 Å². The standard InChI is InChI=1S/C19H26BF3O8/c1-17(2)18(3,4)31-20(30-17)9-5-6-11(10(7-9)19(21,22)23)28-16-15(27)14(26)13(25)12(8-24)29-16/h5-7,12-16,24-27H,8H2,1-4H3. The van der Waals surface area contributed by atoms with Crippen LogP contribution in [0.3, 0.4) is 0 Å². The van der Waals surface area contributed by atoms with Gasteiger partial charge in [-0.2, -0.15) is 13.2 Å². The number of aliphatic hydroxyl groups is 4. The zero-order valence-corrected chi connectivity index (χ0v) is 17.5. The van der Waals surface area contributed by atoms with Crippen molar-refractivity contribution < 1.29 is 52.4 Å². The van der Waals surface area contributed by atoms with Crippen molar-refractivity contribution in [3.05, 3.63) is 23.8 Å². The van der Waals surface area contributed by atoms with Crippen molar-refractivity contribution in [1.29, 1.82) is 0 Å². The molecule has 0 aliphatic carbocycles. The molecule has 0 saturated carbocycles. The Morgan fingerprint density at radius 2 is 1.58 bits per heavy atom. The van der Waals surface area contributed by atoms with Gasteiger partial charge in [0.25, 0.3) is 0 Å². The summed E-state index contributed by atoms with van der Waals surface area (Å²) in [4.78, 5) is 0. The van der Waals surface area contributed by atoms with E-state index in [1.807, 2.05) is 0 Å². The zero-order valence-electron chi connectivity index (χ0n) is 17.5. The number of benzene rings is 1. The average molecular weight is 450 g/mol. The molecule has 1 aromatic rings. The lowest BCUT2D eigenvalue weighted by Gasteiger charge is -2.39. The second-order valence-corrected chi connectivity index (χ2v) is 8.66. The Hall–Kier alpha value is -1.41. The second kappa shape index (κ2) is 8.18. The molecule has 2 aliphatic heterocycles. The largest absolute Gasteiger partial charge is 0.494 e. The third-order valence-electron chi connectivity index (χ3n) is 5.93. The molecule has 12 heteroatoms. The molecule has 31 heavy (non-hydrogen) atoms. The van der Waals surface area contributed by atoms with E-state index in [4.69, 9.17) is 18.8 Å². The normalized spacial score (nSPS) is 32.9. The van der Waals surface area contributed by atoms with E-state index in [-0.39, 0.29) is 5.46 Å². The minimum atomic E-state index is -4.83. The van der Waals surface area contributed by atoms with Crippen molar-refractivity contribution >= 4 is 12.6 Å². The van der Waals surface area contributed by atoms with Gasteiger partial charge in [0.15, 0.2) is 0 Å². The molecule has 0 bridgehead atoms. The predicted molar refractivity (Wildman–Crippen MR) is 102 cm³/mol. The molecule has 5 atom stereocenters. The minimum absolute atomic E-state index is 0.118. The SMILES string of the molecule is CC1(C)OB(c2ccc(OC3OC(CO)C(O)C(O)C3O)c(C(F)(F)F)c2)OC1(C)C. The molecule has 5 unspecified atom stereocenters. The van der Waals surface area contributed by atoms with E-state index in [0.717, 1.165) is 12.1 Å². The van der Waals surface area contributed by atoms with Crippen molar-refractivity contribution in [3.8, 4) is 5.75 Å². The Balaban J connectivity index is 1.90. The van der Waals surface area contributed by atoms with Crippen molar-refractivity contribution in [3.63, 3.8) is 0 Å². The summed E-state index contributed by atoms with van der Waals surface area (Å²) in [5.41, 5.74) is -2.55. The van der Waals surface area contributed by atoms with Crippen LogP contribution < -0.4 is 10.2 Å². The minimum Gasteiger partial charge on any atom is -0.461 e. The number of alkyl halides is 3. The molecule has 174 valence electrons. The van der Waals surface area contributed by atoms with Gasteiger partial charge in [-0.3, -0.25) is 0 Å². The number of hydrogen-bond acceptors (Lipinski definition) is 8. The summed E-state index contributed by atoms with van der Waals surface area (Å²) < 4.78 is 63.2. The number of halogens is 3. The molecule has 0 radical (unpaired) electrons. The van der Waals surface area contributed by atoms with Gasteiger partial charge in [-0.15, -0.1) is 0 Å². The van der Waals surface area contributed by atoms with Crippen LogP contribution in [0.15, 0.2) is 18.2 Å². The smallest absolute Gasteiger partial charge is 0.461 e. The van der Waals surface area contributed by atoms with Gasteiger partial charge >= 0.3 is 13.3 Å². The van der Waals surface area contributed by atoms with Crippen molar-refractivity contribution in [2.75, 3.05) is 6.61 Å². The molecule has 4 N–H and O–H groups in total. The zero-order chi connectivity index (χ0) is 23.4. The fraction of sp³-hybridized carbons (Fsp3) is 0.684. The van der Waals surface area contributed by atoms with Gasteiger partial charge in [-0.05, 0) is 45.3 Å². The maximum Gasteiger partial charge on any atom is 0.494 e. The van der Waals surface area contributed by atoms with Crippen LogP contribution in [0.25, 0.3) is 0 Å². The summed E-state index contributed by atoms with van der Waals surface area (Å²) >= 11 is 0. The number of ether oxygens (including phenoxy) is 2. The van der Waals surface area contributed by atoms with E-state index in [1.165, 1.54) is 6.07 Å². The predicted octanol–water partition coefficient (Wildman–Crippen LogP) is 0.183. The van der Waals surface area contributed by atoms with E-state index >= 15 is 0 Å². The van der Waals surface area contributed by atoms with Gasteiger partial charge in [0.2, 0.25) is 6.29 Å². The topological polar surface area (TPSA) is 118 Å². The van der Waals surface area contributed by atoms with E-state index in [0.29, 0.717) is 0 Å². The van der Waals surface area contributed by atoms with Crippen LogP contribution in [0.1, 0.15) is 33.3 Å². The summed E-state index contributed by atoms with van der Waals surface area (Å²) in [7, 11) is -1.03. The lowest BCUT2D eigenvalue weighted by molar-refractivity contribution is -0.278. The Bertz CT molecular complexity index is 785. The summed E-state index contributed by atoms with van der Waals surface area (Å²) in [6, 6.07) is 3.18.